The SMILES string of the molecule is C[C@]1(N)CNC(=O)C12CC2. The minimum absolute atomic E-state index is 0.164. The first-order chi connectivity index (χ1) is 4.58. The van der Waals surface area contributed by atoms with E-state index in [-0.39, 0.29) is 16.9 Å². The molecule has 1 spiro atoms. The molecule has 0 bridgehead atoms. The van der Waals surface area contributed by atoms with Gasteiger partial charge in [0.2, 0.25) is 5.91 Å². The van der Waals surface area contributed by atoms with Crippen molar-refractivity contribution in [3.8, 4) is 0 Å². The highest BCUT2D eigenvalue weighted by Crippen LogP contribution is 2.55. The number of hydrogen-bond acceptors (Lipinski definition) is 2. The van der Waals surface area contributed by atoms with Crippen LogP contribution in [0.4, 0.5) is 0 Å². The fourth-order valence-electron chi connectivity index (χ4n) is 1.78. The number of rotatable bonds is 0. The average Bonchev–Trinajstić information content (AvgIpc) is 2.58. The van der Waals surface area contributed by atoms with Gasteiger partial charge in [0, 0.05) is 12.1 Å². The van der Waals surface area contributed by atoms with Crippen molar-refractivity contribution in [2.75, 3.05) is 6.54 Å². The van der Waals surface area contributed by atoms with Crippen LogP contribution < -0.4 is 11.1 Å². The fraction of sp³-hybridized carbons (Fsp3) is 0.857. The summed E-state index contributed by atoms with van der Waals surface area (Å²) in [5.41, 5.74) is 5.46. The predicted molar refractivity (Wildman–Crippen MR) is 37.3 cm³/mol. The molecule has 1 amide bonds. The zero-order valence-electron chi connectivity index (χ0n) is 6.11. The molecule has 1 atom stereocenters. The summed E-state index contributed by atoms with van der Waals surface area (Å²) in [5, 5.41) is 2.80. The van der Waals surface area contributed by atoms with Gasteiger partial charge >= 0.3 is 0 Å². The van der Waals surface area contributed by atoms with Crippen molar-refractivity contribution >= 4 is 5.91 Å². The summed E-state index contributed by atoms with van der Waals surface area (Å²) in [4.78, 5) is 11.2. The van der Waals surface area contributed by atoms with Crippen LogP contribution in [0.5, 0.6) is 0 Å². The first-order valence-electron chi connectivity index (χ1n) is 3.66. The average molecular weight is 140 g/mol. The van der Waals surface area contributed by atoms with E-state index < -0.39 is 0 Å². The Kier molecular flexibility index (Phi) is 0.844. The predicted octanol–water partition coefficient (Wildman–Crippen LogP) is -0.386. The second-order valence-electron chi connectivity index (χ2n) is 3.68. The molecule has 56 valence electrons. The molecule has 2 fully saturated rings. The summed E-state index contributed by atoms with van der Waals surface area (Å²) in [7, 11) is 0. The maximum Gasteiger partial charge on any atom is 0.228 e. The van der Waals surface area contributed by atoms with Gasteiger partial charge in [-0.25, -0.2) is 0 Å². The van der Waals surface area contributed by atoms with Gasteiger partial charge in [-0.1, -0.05) is 0 Å². The van der Waals surface area contributed by atoms with E-state index in [1.807, 2.05) is 6.92 Å². The molecule has 0 aromatic carbocycles. The number of carbonyl (C=O) groups is 1. The van der Waals surface area contributed by atoms with Crippen LogP contribution in [0, 0.1) is 5.41 Å². The minimum Gasteiger partial charge on any atom is -0.354 e. The van der Waals surface area contributed by atoms with E-state index in [2.05, 4.69) is 5.32 Å². The summed E-state index contributed by atoms with van der Waals surface area (Å²) in [6, 6.07) is 0. The summed E-state index contributed by atoms with van der Waals surface area (Å²) in [5.74, 6) is 0.164. The Morgan fingerprint density at radius 1 is 1.60 bits per heavy atom. The molecule has 0 aromatic heterocycles. The maximum absolute atomic E-state index is 11.2. The van der Waals surface area contributed by atoms with E-state index in [1.165, 1.54) is 0 Å². The van der Waals surface area contributed by atoms with Crippen molar-refractivity contribution in [3.05, 3.63) is 0 Å². The van der Waals surface area contributed by atoms with E-state index in [0.717, 1.165) is 12.8 Å². The first kappa shape index (κ1) is 6.16. The van der Waals surface area contributed by atoms with Crippen LogP contribution in [0.25, 0.3) is 0 Å². The molecule has 0 unspecified atom stereocenters. The molecule has 1 saturated heterocycles. The summed E-state index contributed by atoms with van der Waals surface area (Å²) >= 11 is 0. The lowest BCUT2D eigenvalue weighted by molar-refractivity contribution is -0.124. The fourth-order valence-corrected chi connectivity index (χ4v) is 1.78. The third kappa shape index (κ3) is 0.475. The van der Waals surface area contributed by atoms with Crippen molar-refractivity contribution in [2.45, 2.75) is 25.3 Å². The van der Waals surface area contributed by atoms with Crippen LogP contribution >= 0.6 is 0 Å². The van der Waals surface area contributed by atoms with Gasteiger partial charge in [0.1, 0.15) is 0 Å². The Bertz CT molecular complexity index is 194. The summed E-state index contributed by atoms with van der Waals surface area (Å²) in [6.45, 7) is 2.60. The second-order valence-corrected chi connectivity index (χ2v) is 3.68. The van der Waals surface area contributed by atoms with Gasteiger partial charge in [-0.2, -0.15) is 0 Å². The Morgan fingerprint density at radius 2 is 2.20 bits per heavy atom. The van der Waals surface area contributed by atoms with Gasteiger partial charge in [0.15, 0.2) is 0 Å². The molecular weight excluding hydrogens is 128 g/mol. The lowest BCUT2D eigenvalue weighted by Crippen LogP contribution is -2.46. The van der Waals surface area contributed by atoms with E-state index in [9.17, 15) is 4.79 Å². The molecule has 0 radical (unpaired) electrons. The van der Waals surface area contributed by atoms with E-state index in [0.29, 0.717) is 6.54 Å². The molecule has 2 aliphatic rings. The number of amides is 1. The highest BCUT2D eigenvalue weighted by Gasteiger charge is 2.64. The van der Waals surface area contributed by atoms with Crippen molar-refractivity contribution in [1.82, 2.24) is 5.32 Å². The van der Waals surface area contributed by atoms with Crippen LogP contribution in [-0.4, -0.2) is 18.0 Å². The third-order valence-corrected chi connectivity index (χ3v) is 2.89. The minimum atomic E-state index is -0.288. The highest BCUT2D eigenvalue weighted by molar-refractivity contribution is 5.89. The van der Waals surface area contributed by atoms with Gasteiger partial charge in [-0.15, -0.1) is 0 Å². The third-order valence-electron chi connectivity index (χ3n) is 2.89. The molecule has 3 heteroatoms. The van der Waals surface area contributed by atoms with Gasteiger partial charge in [-0.05, 0) is 19.8 Å². The molecule has 1 heterocycles. The Balaban J connectivity index is 2.35. The van der Waals surface area contributed by atoms with Gasteiger partial charge in [0.25, 0.3) is 0 Å². The normalized spacial score (nSPS) is 42.0. The highest BCUT2D eigenvalue weighted by atomic mass is 16.2. The monoisotopic (exact) mass is 140 g/mol. The van der Waals surface area contributed by atoms with E-state index >= 15 is 0 Å². The number of hydrogen-bond donors (Lipinski definition) is 2. The largest absolute Gasteiger partial charge is 0.354 e. The van der Waals surface area contributed by atoms with Gasteiger partial charge in [-0.3, -0.25) is 4.79 Å². The zero-order valence-corrected chi connectivity index (χ0v) is 6.11. The topological polar surface area (TPSA) is 55.1 Å². The molecule has 1 saturated carbocycles. The Hall–Kier alpha value is -0.570. The van der Waals surface area contributed by atoms with Crippen molar-refractivity contribution in [1.29, 1.82) is 0 Å². The molecule has 3 nitrogen and oxygen atoms in total. The molecule has 1 aliphatic carbocycles. The molecule has 3 N–H and O–H groups in total. The second kappa shape index (κ2) is 1.37. The zero-order chi connectivity index (χ0) is 7.41. The molecule has 10 heavy (non-hydrogen) atoms. The summed E-state index contributed by atoms with van der Waals surface area (Å²) < 4.78 is 0. The van der Waals surface area contributed by atoms with E-state index in [4.69, 9.17) is 5.73 Å². The molecule has 1 aliphatic heterocycles. The quantitative estimate of drug-likeness (QED) is 0.481. The Labute approximate surface area is 60.0 Å². The number of nitrogens with two attached hydrogens (primary N) is 1. The maximum atomic E-state index is 11.2. The number of nitrogens with one attached hydrogen (secondary N) is 1. The van der Waals surface area contributed by atoms with Crippen molar-refractivity contribution in [3.63, 3.8) is 0 Å². The van der Waals surface area contributed by atoms with Crippen LogP contribution in [0.2, 0.25) is 0 Å². The molecule has 0 aromatic rings. The van der Waals surface area contributed by atoms with Crippen LogP contribution in [0.1, 0.15) is 19.8 Å². The standard InChI is InChI=1S/C7H12N2O/c1-6(8)4-9-5(10)7(6)2-3-7/h2-4,8H2,1H3,(H,9,10)/t6-/m0/s1. The summed E-state index contributed by atoms with van der Waals surface area (Å²) in [6.07, 6.45) is 1.96. The van der Waals surface area contributed by atoms with Gasteiger partial charge < -0.3 is 11.1 Å². The van der Waals surface area contributed by atoms with Crippen molar-refractivity contribution in [2.24, 2.45) is 11.1 Å². The van der Waals surface area contributed by atoms with Crippen LogP contribution in [0.3, 0.4) is 0 Å². The van der Waals surface area contributed by atoms with Crippen LogP contribution in [-0.2, 0) is 4.79 Å². The number of carbonyl (C=O) groups excluding carboxylic acids is 1. The lowest BCUT2D eigenvalue weighted by Gasteiger charge is -2.22. The Morgan fingerprint density at radius 3 is 2.40 bits per heavy atom. The first-order valence-corrected chi connectivity index (χ1v) is 3.66. The van der Waals surface area contributed by atoms with E-state index in [1.54, 1.807) is 0 Å². The molecule has 2 rings (SSSR count). The van der Waals surface area contributed by atoms with Crippen molar-refractivity contribution < 1.29 is 4.79 Å². The molecular formula is C7H12N2O. The lowest BCUT2D eigenvalue weighted by atomic mass is 9.87. The van der Waals surface area contributed by atoms with Gasteiger partial charge in [0.05, 0.1) is 5.41 Å². The smallest absolute Gasteiger partial charge is 0.228 e. The van der Waals surface area contributed by atoms with Crippen LogP contribution in [0.15, 0.2) is 0 Å².